The lowest BCUT2D eigenvalue weighted by Gasteiger charge is -2.20. The van der Waals surface area contributed by atoms with Crippen molar-refractivity contribution in [3.05, 3.63) is 53.6 Å². The van der Waals surface area contributed by atoms with Gasteiger partial charge in [-0.2, -0.15) is 13.2 Å². The quantitative estimate of drug-likeness (QED) is 0.836. The number of aromatic nitrogens is 2. The Balaban J connectivity index is 1.72. The lowest BCUT2D eigenvalue weighted by Crippen LogP contribution is -2.21. The third-order valence-corrected chi connectivity index (χ3v) is 3.88. The van der Waals surface area contributed by atoms with Crippen LogP contribution in [0.25, 0.3) is 0 Å². The summed E-state index contributed by atoms with van der Waals surface area (Å²) < 4.78 is 41.2. The Morgan fingerprint density at radius 2 is 1.95 bits per heavy atom. The molecule has 1 aliphatic rings. The van der Waals surface area contributed by atoms with Crippen molar-refractivity contribution >= 4 is 0 Å². The Labute approximate surface area is 127 Å². The molecule has 2 aromatic rings. The molecule has 0 N–H and O–H groups in total. The second-order valence-electron chi connectivity index (χ2n) is 5.85. The van der Waals surface area contributed by atoms with Gasteiger partial charge in [-0.15, -0.1) is 0 Å². The maximum absolute atomic E-state index is 13.0. The monoisotopic (exact) mass is 309 g/mol. The number of benzene rings is 1. The fraction of sp³-hybridized carbons (Fsp3) is 0.438. The predicted octanol–water partition coefficient (Wildman–Crippen LogP) is 3.87. The topological polar surface area (TPSA) is 21.1 Å². The van der Waals surface area contributed by atoms with Gasteiger partial charge < -0.3 is 4.57 Å². The van der Waals surface area contributed by atoms with E-state index in [1.807, 2.05) is 18.3 Å². The molecular weight excluding hydrogens is 291 g/mol. The van der Waals surface area contributed by atoms with Crippen LogP contribution in [0.4, 0.5) is 13.2 Å². The molecule has 1 fully saturated rings. The average molecular weight is 309 g/mol. The molecule has 0 atom stereocenters. The molecule has 6 heteroatoms. The largest absolute Gasteiger partial charge is 0.416 e. The molecule has 1 saturated carbocycles. The molecule has 0 unspecified atom stereocenters. The second-order valence-corrected chi connectivity index (χ2v) is 5.85. The highest BCUT2D eigenvalue weighted by atomic mass is 19.4. The van der Waals surface area contributed by atoms with Gasteiger partial charge in [0.05, 0.1) is 17.6 Å². The van der Waals surface area contributed by atoms with Crippen LogP contribution in [0.5, 0.6) is 0 Å². The lowest BCUT2D eigenvalue weighted by molar-refractivity contribution is -0.138. The number of halogens is 3. The van der Waals surface area contributed by atoms with E-state index in [2.05, 4.69) is 9.55 Å². The van der Waals surface area contributed by atoms with Gasteiger partial charge >= 0.3 is 6.18 Å². The zero-order valence-corrected chi connectivity index (χ0v) is 12.3. The molecular formula is C16H18F3N3. The van der Waals surface area contributed by atoms with E-state index in [0.29, 0.717) is 18.2 Å². The first-order valence-corrected chi connectivity index (χ1v) is 7.29. The van der Waals surface area contributed by atoms with Crippen molar-refractivity contribution in [3.63, 3.8) is 0 Å². The van der Waals surface area contributed by atoms with E-state index in [4.69, 9.17) is 0 Å². The van der Waals surface area contributed by atoms with Crippen LogP contribution in [0.15, 0.2) is 36.8 Å². The average Bonchev–Trinajstić information content (AvgIpc) is 3.19. The summed E-state index contributed by atoms with van der Waals surface area (Å²) in [5, 5.41) is 0. The summed E-state index contributed by atoms with van der Waals surface area (Å²) in [6.45, 7) is 0.841. The molecule has 3 nitrogen and oxygen atoms in total. The Hall–Kier alpha value is -1.82. The summed E-state index contributed by atoms with van der Waals surface area (Å²) in [7, 11) is 1.83. The number of rotatable bonds is 5. The minimum atomic E-state index is -4.31. The zero-order chi connectivity index (χ0) is 15.7. The number of hydrogen-bond acceptors (Lipinski definition) is 2. The van der Waals surface area contributed by atoms with Gasteiger partial charge in [-0.25, -0.2) is 4.98 Å². The molecule has 1 heterocycles. The molecule has 0 bridgehead atoms. The van der Waals surface area contributed by atoms with Crippen molar-refractivity contribution < 1.29 is 13.2 Å². The van der Waals surface area contributed by atoms with Gasteiger partial charge in [-0.1, -0.05) is 18.2 Å². The Kier molecular flexibility index (Phi) is 3.95. The van der Waals surface area contributed by atoms with Gasteiger partial charge in [-0.05, 0) is 31.5 Å². The van der Waals surface area contributed by atoms with Crippen LogP contribution in [0.2, 0.25) is 0 Å². The van der Waals surface area contributed by atoms with Crippen molar-refractivity contribution in [2.75, 3.05) is 7.05 Å². The number of nitrogens with zero attached hydrogens (tertiary/aromatic N) is 3. The van der Waals surface area contributed by atoms with Crippen molar-refractivity contribution in [2.24, 2.45) is 0 Å². The lowest BCUT2D eigenvalue weighted by atomic mass is 10.1. The van der Waals surface area contributed by atoms with E-state index in [9.17, 15) is 13.2 Å². The Morgan fingerprint density at radius 1 is 1.23 bits per heavy atom. The van der Waals surface area contributed by atoms with Crippen LogP contribution < -0.4 is 0 Å². The molecule has 0 aliphatic heterocycles. The summed E-state index contributed by atoms with van der Waals surface area (Å²) in [5.74, 6) is 0. The summed E-state index contributed by atoms with van der Waals surface area (Å²) in [5.41, 5.74) is 0.794. The highest BCUT2D eigenvalue weighted by Crippen LogP contribution is 2.36. The maximum Gasteiger partial charge on any atom is 0.416 e. The molecule has 1 aromatic heterocycles. The standard InChI is InChI=1S/C16H18F3N3/c1-21(10-14-8-20-11-22(14)13-6-7-13)9-12-4-2-3-5-15(12)16(17,18)19/h2-5,8,11,13H,6-7,9-10H2,1H3. The molecule has 3 rings (SSSR count). The molecule has 1 aliphatic carbocycles. The smallest absolute Gasteiger partial charge is 0.330 e. The third kappa shape index (κ3) is 3.32. The summed E-state index contributed by atoms with van der Waals surface area (Å²) in [6.07, 6.45) is 1.61. The highest BCUT2D eigenvalue weighted by Gasteiger charge is 2.33. The third-order valence-electron chi connectivity index (χ3n) is 3.88. The summed E-state index contributed by atoms with van der Waals surface area (Å²) >= 11 is 0. The van der Waals surface area contributed by atoms with E-state index in [-0.39, 0.29) is 6.54 Å². The van der Waals surface area contributed by atoms with Crippen LogP contribution in [0.1, 0.15) is 35.7 Å². The first kappa shape index (κ1) is 15.1. The molecule has 118 valence electrons. The first-order valence-electron chi connectivity index (χ1n) is 7.29. The number of alkyl halides is 3. The second kappa shape index (κ2) is 5.76. The van der Waals surface area contributed by atoms with Gasteiger partial charge in [0.1, 0.15) is 0 Å². The fourth-order valence-electron chi connectivity index (χ4n) is 2.69. The summed E-state index contributed by atoms with van der Waals surface area (Å²) in [6, 6.07) is 6.27. The van der Waals surface area contributed by atoms with Crippen molar-refractivity contribution in [1.82, 2.24) is 14.5 Å². The van der Waals surface area contributed by atoms with Crippen LogP contribution in [0.3, 0.4) is 0 Å². The van der Waals surface area contributed by atoms with Gasteiger partial charge in [-0.3, -0.25) is 4.90 Å². The predicted molar refractivity (Wildman–Crippen MR) is 77.1 cm³/mol. The number of hydrogen-bond donors (Lipinski definition) is 0. The minimum Gasteiger partial charge on any atom is -0.330 e. The van der Waals surface area contributed by atoms with Gasteiger partial charge in [0, 0.05) is 25.3 Å². The van der Waals surface area contributed by atoms with E-state index in [1.54, 1.807) is 12.3 Å². The van der Waals surface area contributed by atoms with Gasteiger partial charge in [0.25, 0.3) is 0 Å². The van der Waals surface area contributed by atoms with Crippen LogP contribution in [0, 0.1) is 0 Å². The zero-order valence-electron chi connectivity index (χ0n) is 12.3. The van der Waals surface area contributed by atoms with E-state index >= 15 is 0 Å². The van der Waals surface area contributed by atoms with E-state index in [0.717, 1.165) is 24.6 Å². The van der Waals surface area contributed by atoms with Crippen LogP contribution >= 0.6 is 0 Å². The molecule has 22 heavy (non-hydrogen) atoms. The molecule has 0 amide bonds. The van der Waals surface area contributed by atoms with Crippen molar-refractivity contribution in [1.29, 1.82) is 0 Å². The van der Waals surface area contributed by atoms with E-state index < -0.39 is 11.7 Å². The van der Waals surface area contributed by atoms with Gasteiger partial charge in [0.15, 0.2) is 0 Å². The molecule has 0 radical (unpaired) electrons. The summed E-state index contributed by atoms with van der Waals surface area (Å²) in [4.78, 5) is 6.05. The van der Waals surface area contributed by atoms with Crippen LogP contribution in [-0.2, 0) is 19.3 Å². The Bertz CT molecular complexity index is 644. The SMILES string of the molecule is CN(Cc1ccccc1C(F)(F)F)Cc1cncn1C1CC1. The number of imidazole rings is 1. The fourth-order valence-corrected chi connectivity index (χ4v) is 2.69. The normalized spacial score (nSPS) is 15.5. The van der Waals surface area contributed by atoms with Crippen molar-refractivity contribution in [2.45, 2.75) is 38.1 Å². The molecule has 0 spiro atoms. The molecule has 0 saturated heterocycles. The molecule has 1 aromatic carbocycles. The van der Waals surface area contributed by atoms with Gasteiger partial charge in [0.2, 0.25) is 0 Å². The Morgan fingerprint density at radius 3 is 2.64 bits per heavy atom. The highest BCUT2D eigenvalue weighted by molar-refractivity contribution is 5.29. The van der Waals surface area contributed by atoms with E-state index in [1.165, 1.54) is 12.1 Å². The maximum atomic E-state index is 13.0. The van der Waals surface area contributed by atoms with Crippen molar-refractivity contribution in [3.8, 4) is 0 Å². The minimum absolute atomic E-state index is 0.255. The van der Waals surface area contributed by atoms with Crippen LogP contribution in [-0.4, -0.2) is 21.5 Å². The first-order chi connectivity index (χ1) is 10.4.